The van der Waals surface area contributed by atoms with E-state index in [1.165, 1.54) is 63.0 Å². The molecule has 0 radical (unpaired) electrons. The Morgan fingerprint density at radius 1 is 1.20 bits per heavy atom. The van der Waals surface area contributed by atoms with Gasteiger partial charge >= 0.3 is 0 Å². The summed E-state index contributed by atoms with van der Waals surface area (Å²) in [4.78, 5) is 8.38. The Kier molecular flexibility index (Phi) is 12.5. The SMILES string of the molecule is CN=C(NCCCCCN1CCCCC1)NCC(C)c1cccs1.I. The second-order valence-corrected chi connectivity index (χ2v) is 7.74. The van der Waals surface area contributed by atoms with Crippen molar-refractivity contribution in [1.82, 2.24) is 15.5 Å². The first-order valence-electron chi connectivity index (χ1n) is 9.50. The number of hydrogen-bond acceptors (Lipinski definition) is 3. The number of guanidine groups is 1. The molecule has 1 atom stereocenters. The van der Waals surface area contributed by atoms with Crippen LogP contribution in [0.3, 0.4) is 0 Å². The van der Waals surface area contributed by atoms with Crippen LogP contribution in [0.1, 0.15) is 56.2 Å². The molecule has 25 heavy (non-hydrogen) atoms. The minimum atomic E-state index is 0. The van der Waals surface area contributed by atoms with Crippen molar-refractivity contribution >= 4 is 41.3 Å². The van der Waals surface area contributed by atoms with Crippen molar-refractivity contribution in [1.29, 1.82) is 0 Å². The van der Waals surface area contributed by atoms with E-state index in [0.29, 0.717) is 5.92 Å². The van der Waals surface area contributed by atoms with E-state index in [0.717, 1.165) is 19.0 Å². The maximum absolute atomic E-state index is 4.32. The predicted molar refractivity (Wildman–Crippen MR) is 122 cm³/mol. The van der Waals surface area contributed by atoms with Gasteiger partial charge in [0.15, 0.2) is 5.96 Å². The molecule has 0 aromatic carbocycles. The fourth-order valence-corrected chi connectivity index (χ4v) is 3.96. The molecule has 6 heteroatoms. The van der Waals surface area contributed by atoms with Gasteiger partial charge < -0.3 is 15.5 Å². The van der Waals surface area contributed by atoms with Crippen molar-refractivity contribution in [2.75, 3.05) is 39.8 Å². The molecule has 2 N–H and O–H groups in total. The zero-order valence-corrected chi connectivity index (χ0v) is 18.9. The molecule has 0 bridgehead atoms. The number of halogens is 1. The van der Waals surface area contributed by atoms with Gasteiger partial charge in [0.2, 0.25) is 0 Å². The van der Waals surface area contributed by atoms with E-state index < -0.39 is 0 Å². The second-order valence-electron chi connectivity index (χ2n) is 6.76. The topological polar surface area (TPSA) is 39.7 Å². The van der Waals surface area contributed by atoms with Gasteiger partial charge in [0.1, 0.15) is 0 Å². The van der Waals surface area contributed by atoms with Crippen LogP contribution in [0.2, 0.25) is 0 Å². The molecular formula is C19H35IN4S. The molecule has 1 aliphatic rings. The van der Waals surface area contributed by atoms with E-state index in [2.05, 4.69) is 45.0 Å². The number of unbranched alkanes of at least 4 members (excludes halogenated alkanes) is 2. The molecule has 1 aliphatic heterocycles. The maximum atomic E-state index is 4.32. The van der Waals surface area contributed by atoms with Crippen LogP contribution in [0.4, 0.5) is 0 Å². The van der Waals surface area contributed by atoms with Gasteiger partial charge in [0.25, 0.3) is 0 Å². The predicted octanol–water partition coefficient (Wildman–Crippen LogP) is 4.29. The van der Waals surface area contributed by atoms with Crippen LogP contribution in [0, 0.1) is 0 Å². The highest BCUT2D eigenvalue weighted by Gasteiger charge is 2.09. The Bertz CT molecular complexity index is 458. The van der Waals surface area contributed by atoms with Gasteiger partial charge in [-0.25, -0.2) is 0 Å². The molecular weight excluding hydrogens is 443 g/mol. The average molecular weight is 478 g/mol. The van der Waals surface area contributed by atoms with Crippen LogP contribution >= 0.6 is 35.3 Å². The number of aliphatic imine (C=N–C) groups is 1. The van der Waals surface area contributed by atoms with Crippen LogP contribution in [-0.2, 0) is 0 Å². The average Bonchev–Trinajstić information content (AvgIpc) is 3.16. The zero-order chi connectivity index (χ0) is 17.0. The van der Waals surface area contributed by atoms with Gasteiger partial charge in [0.05, 0.1) is 0 Å². The molecule has 0 spiro atoms. The van der Waals surface area contributed by atoms with Crippen molar-refractivity contribution < 1.29 is 0 Å². The lowest BCUT2D eigenvalue weighted by Gasteiger charge is -2.26. The van der Waals surface area contributed by atoms with Gasteiger partial charge in [-0.05, 0) is 56.8 Å². The Morgan fingerprint density at radius 3 is 2.68 bits per heavy atom. The summed E-state index contributed by atoms with van der Waals surface area (Å²) in [7, 11) is 1.85. The summed E-state index contributed by atoms with van der Waals surface area (Å²) in [6.45, 7) is 8.11. The third-order valence-electron chi connectivity index (χ3n) is 4.72. The molecule has 2 rings (SSSR count). The number of rotatable bonds is 9. The Hall–Kier alpha value is -0.340. The first-order chi connectivity index (χ1) is 11.8. The normalized spacial score (nSPS) is 17.0. The molecule has 1 aromatic rings. The largest absolute Gasteiger partial charge is 0.356 e. The molecule has 2 heterocycles. The van der Waals surface area contributed by atoms with E-state index in [1.807, 2.05) is 18.4 Å². The Morgan fingerprint density at radius 2 is 2.00 bits per heavy atom. The molecule has 1 aromatic heterocycles. The smallest absolute Gasteiger partial charge is 0.190 e. The number of nitrogens with zero attached hydrogens (tertiary/aromatic N) is 2. The lowest BCUT2D eigenvalue weighted by atomic mass is 10.1. The van der Waals surface area contributed by atoms with Gasteiger partial charge in [-0.15, -0.1) is 35.3 Å². The highest BCUT2D eigenvalue weighted by Crippen LogP contribution is 2.19. The summed E-state index contributed by atoms with van der Waals surface area (Å²) in [5, 5.41) is 9.02. The van der Waals surface area contributed by atoms with Crippen molar-refractivity contribution in [2.45, 2.75) is 51.4 Å². The number of hydrogen-bond donors (Lipinski definition) is 2. The first kappa shape index (κ1) is 22.7. The third-order valence-corrected chi connectivity index (χ3v) is 5.82. The van der Waals surface area contributed by atoms with Crippen LogP contribution in [0.25, 0.3) is 0 Å². The lowest BCUT2D eigenvalue weighted by Crippen LogP contribution is -2.39. The number of piperidine rings is 1. The molecule has 144 valence electrons. The minimum Gasteiger partial charge on any atom is -0.356 e. The van der Waals surface area contributed by atoms with E-state index in [1.54, 1.807) is 0 Å². The molecule has 0 amide bonds. The monoisotopic (exact) mass is 478 g/mol. The minimum absolute atomic E-state index is 0. The Balaban J connectivity index is 0.00000312. The lowest BCUT2D eigenvalue weighted by molar-refractivity contribution is 0.224. The van der Waals surface area contributed by atoms with E-state index >= 15 is 0 Å². The van der Waals surface area contributed by atoms with E-state index in [-0.39, 0.29) is 24.0 Å². The molecule has 1 fully saturated rings. The van der Waals surface area contributed by atoms with Crippen LogP contribution in [-0.4, -0.2) is 50.6 Å². The number of thiophene rings is 1. The van der Waals surface area contributed by atoms with Crippen molar-refractivity contribution in [2.24, 2.45) is 4.99 Å². The van der Waals surface area contributed by atoms with Gasteiger partial charge in [-0.2, -0.15) is 0 Å². The van der Waals surface area contributed by atoms with Gasteiger partial charge in [-0.1, -0.05) is 25.8 Å². The summed E-state index contributed by atoms with van der Waals surface area (Å²) >= 11 is 1.82. The Labute approximate surface area is 174 Å². The fraction of sp³-hybridized carbons (Fsp3) is 0.737. The molecule has 1 unspecified atom stereocenters. The summed E-state index contributed by atoms with van der Waals surface area (Å²) in [6, 6.07) is 4.32. The quantitative estimate of drug-likeness (QED) is 0.241. The first-order valence-corrected chi connectivity index (χ1v) is 10.4. The van der Waals surface area contributed by atoms with Crippen LogP contribution in [0.5, 0.6) is 0 Å². The van der Waals surface area contributed by atoms with Crippen LogP contribution < -0.4 is 10.6 Å². The third kappa shape index (κ3) is 9.24. The fourth-order valence-electron chi connectivity index (χ4n) is 3.17. The standard InChI is InChI=1S/C19H34N4S.HI/c1-17(18-10-9-15-24-18)16-22-19(20-2)21-11-5-3-6-12-23-13-7-4-8-14-23;/h9-10,15,17H,3-8,11-14,16H2,1-2H3,(H2,20,21,22);1H. The van der Waals surface area contributed by atoms with Gasteiger partial charge in [-0.3, -0.25) is 4.99 Å². The van der Waals surface area contributed by atoms with E-state index in [9.17, 15) is 0 Å². The summed E-state index contributed by atoms with van der Waals surface area (Å²) in [6.07, 6.45) is 8.06. The van der Waals surface area contributed by atoms with Crippen molar-refractivity contribution in [3.63, 3.8) is 0 Å². The summed E-state index contributed by atoms with van der Waals surface area (Å²) < 4.78 is 0. The second kappa shape index (κ2) is 13.8. The van der Waals surface area contributed by atoms with E-state index in [4.69, 9.17) is 0 Å². The number of likely N-dealkylation sites (tertiary alicyclic amines) is 1. The zero-order valence-electron chi connectivity index (χ0n) is 15.8. The summed E-state index contributed by atoms with van der Waals surface area (Å²) in [5.41, 5.74) is 0. The highest BCUT2D eigenvalue weighted by atomic mass is 127. The van der Waals surface area contributed by atoms with Crippen molar-refractivity contribution in [3.8, 4) is 0 Å². The van der Waals surface area contributed by atoms with Crippen LogP contribution in [0.15, 0.2) is 22.5 Å². The van der Waals surface area contributed by atoms with Gasteiger partial charge in [0, 0.05) is 30.9 Å². The van der Waals surface area contributed by atoms with Crippen molar-refractivity contribution in [3.05, 3.63) is 22.4 Å². The maximum Gasteiger partial charge on any atom is 0.190 e. The molecule has 0 aliphatic carbocycles. The molecule has 0 saturated carbocycles. The molecule has 1 saturated heterocycles. The summed E-state index contributed by atoms with van der Waals surface area (Å²) in [5.74, 6) is 1.45. The highest BCUT2D eigenvalue weighted by molar-refractivity contribution is 14.0. The number of nitrogens with one attached hydrogen (secondary N) is 2. The molecule has 4 nitrogen and oxygen atoms in total.